The predicted molar refractivity (Wildman–Crippen MR) is 152 cm³/mol. The van der Waals surface area contributed by atoms with Crippen LogP contribution in [0.1, 0.15) is 116 Å². The van der Waals surface area contributed by atoms with Crippen molar-refractivity contribution in [3.63, 3.8) is 0 Å². The average Bonchev–Trinajstić information content (AvgIpc) is 3.22. The summed E-state index contributed by atoms with van der Waals surface area (Å²) < 4.78 is 0. The van der Waals surface area contributed by atoms with Gasteiger partial charge in [0.2, 0.25) is 5.91 Å². The van der Waals surface area contributed by atoms with E-state index in [0.29, 0.717) is 41.9 Å². The highest BCUT2D eigenvalue weighted by Gasteiger charge is 2.62. The zero-order valence-corrected chi connectivity index (χ0v) is 23.9. The quantitative estimate of drug-likeness (QED) is 0.319. The van der Waals surface area contributed by atoms with Gasteiger partial charge >= 0.3 is 0 Å². The van der Waals surface area contributed by atoms with Crippen LogP contribution >= 0.6 is 0 Å². The summed E-state index contributed by atoms with van der Waals surface area (Å²) in [5, 5.41) is 14.0. The van der Waals surface area contributed by atoms with Gasteiger partial charge in [0.25, 0.3) is 0 Å². The molecule has 2 N–H and O–H groups in total. The molecule has 1 aromatic rings. The lowest BCUT2D eigenvalue weighted by molar-refractivity contribution is -0.156. The second-order valence-corrected chi connectivity index (χ2v) is 13.9. The highest BCUT2D eigenvalue weighted by Crippen LogP contribution is 2.67. The molecular weight excluding hydrogens is 470 g/mol. The number of hydrogen-bond acceptors (Lipinski definition) is 3. The Morgan fingerprint density at radius 2 is 1.68 bits per heavy atom. The summed E-state index contributed by atoms with van der Waals surface area (Å²) in [5.41, 5.74) is 1.58. The van der Waals surface area contributed by atoms with Crippen LogP contribution in [0.3, 0.4) is 0 Å². The number of rotatable bonds is 10. The standard InChI is InChI=1S/C34H51NO3/c1-33-19-17-27(36)22-26(33)21-25(32-28-15-16-30(37)34(28,2)20-18-29(32)33)13-9-4-3-5-10-14-31(38)35-23-24-11-7-6-8-12-24/h6-8,11-12,25-26,28-30,32,37H,3-5,9-10,13-23H2,1-2H3,(H,35,38)/t25?,26?,28-,29+,30?,32-,33-,34-/m0/s1. The topological polar surface area (TPSA) is 66.4 Å². The fraction of sp³-hybridized carbons (Fsp3) is 0.765. The first-order valence-electron chi connectivity index (χ1n) is 15.8. The van der Waals surface area contributed by atoms with Crippen LogP contribution in [0.4, 0.5) is 0 Å². The van der Waals surface area contributed by atoms with Gasteiger partial charge in [-0.3, -0.25) is 9.59 Å². The van der Waals surface area contributed by atoms with Crippen LogP contribution in [0.15, 0.2) is 30.3 Å². The van der Waals surface area contributed by atoms with Crippen LogP contribution in [-0.4, -0.2) is 22.9 Å². The number of carbonyl (C=O) groups is 2. The predicted octanol–water partition coefficient (Wildman–Crippen LogP) is 7.23. The number of carbonyl (C=O) groups excluding carboxylic acids is 2. The van der Waals surface area contributed by atoms with Crippen LogP contribution in [0.2, 0.25) is 0 Å². The van der Waals surface area contributed by atoms with Crippen molar-refractivity contribution < 1.29 is 14.7 Å². The van der Waals surface area contributed by atoms with Gasteiger partial charge in [-0.1, -0.05) is 76.3 Å². The summed E-state index contributed by atoms with van der Waals surface area (Å²) in [6.07, 6.45) is 16.1. The molecule has 4 aliphatic rings. The van der Waals surface area contributed by atoms with Gasteiger partial charge in [0.05, 0.1) is 6.10 Å². The molecule has 4 nitrogen and oxygen atoms in total. The van der Waals surface area contributed by atoms with Gasteiger partial charge in [0.1, 0.15) is 5.78 Å². The normalized spacial score (nSPS) is 38.2. The molecule has 210 valence electrons. The highest BCUT2D eigenvalue weighted by atomic mass is 16.3. The molecule has 38 heavy (non-hydrogen) atoms. The molecule has 0 bridgehead atoms. The maximum Gasteiger partial charge on any atom is 0.220 e. The molecule has 3 unspecified atom stereocenters. The van der Waals surface area contributed by atoms with Crippen LogP contribution < -0.4 is 5.32 Å². The fourth-order valence-corrected chi connectivity index (χ4v) is 9.60. The maximum atomic E-state index is 12.5. The Labute approximate surface area is 230 Å². The molecule has 0 aromatic heterocycles. The van der Waals surface area contributed by atoms with Gasteiger partial charge in [-0.25, -0.2) is 0 Å². The zero-order chi connectivity index (χ0) is 26.8. The Hall–Kier alpha value is -1.68. The van der Waals surface area contributed by atoms with E-state index in [1.54, 1.807) is 0 Å². The Kier molecular flexibility index (Phi) is 8.67. The number of hydrogen-bond donors (Lipinski definition) is 2. The number of benzene rings is 1. The molecule has 0 spiro atoms. The van der Waals surface area contributed by atoms with E-state index in [0.717, 1.165) is 55.9 Å². The van der Waals surface area contributed by atoms with Crippen molar-refractivity contribution in [3.05, 3.63) is 35.9 Å². The number of aliphatic hydroxyl groups is 1. The van der Waals surface area contributed by atoms with Crippen molar-refractivity contribution in [1.29, 1.82) is 0 Å². The zero-order valence-electron chi connectivity index (χ0n) is 23.9. The molecule has 0 aliphatic heterocycles. The van der Waals surface area contributed by atoms with Gasteiger partial charge in [0.15, 0.2) is 0 Å². The Morgan fingerprint density at radius 3 is 2.50 bits per heavy atom. The summed E-state index contributed by atoms with van der Waals surface area (Å²) in [6.45, 7) is 5.53. The summed E-state index contributed by atoms with van der Waals surface area (Å²) in [5.74, 6) is 4.06. The monoisotopic (exact) mass is 521 g/mol. The fourth-order valence-electron chi connectivity index (χ4n) is 9.60. The summed E-state index contributed by atoms with van der Waals surface area (Å²) in [7, 11) is 0. The Balaban J connectivity index is 1.10. The smallest absolute Gasteiger partial charge is 0.220 e. The molecule has 4 aliphatic carbocycles. The average molecular weight is 522 g/mol. The lowest BCUT2D eigenvalue weighted by Crippen LogP contribution is -2.57. The van der Waals surface area contributed by atoms with E-state index in [-0.39, 0.29) is 17.4 Å². The van der Waals surface area contributed by atoms with Crippen molar-refractivity contribution in [2.75, 3.05) is 0 Å². The van der Waals surface area contributed by atoms with E-state index in [4.69, 9.17) is 0 Å². The molecule has 0 radical (unpaired) electrons. The van der Waals surface area contributed by atoms with Gasteiger partial charge in [0, 0.05) is 25.8 Å². The molecule has 8 atom stereocenters. The first-order valence-corrected chi connectivity index (χ1v) is 15.8. The molecule has 1 amide bonds. The molecule has 1 aromatic carbocycles. The minimum absolute atomic E-state index is 0.105. The Morgan fingerprint density at radius 1 is 0.947 bits per heavy atom. The van der Waals surface area contributed by atoms with Gasteiger partial charge in [-0.2, -0.15) is 0 Å². The number of amides is 1. The van der Waals surface area contributed by atoms with E-state index in [9.17, 15) is 14.7 Å². The van der Waals surface area contributed by atoms with E-state index < -0.39 is 0 Å². The first kappa shape index (κ1) is 27.9. The molecule has 4 heteroatoms. The summed E-state index contributed by atoms with van der Waals surface area (Å²) in [6, 6.07) is 10.1. The lowest BCUT2D eigenvalue weighted by atomic mass is 9.42. The third kappa shape index (κ3) is 5.62. The van der Waals surface area contributed by atoms with Crippen molar-refractivity contribution in [2.45, 2.75) is 123 Å². The molecule has 0 saturated heterocycles. The second kappa shape index (κ2) is 11.8. The van der Waals surface area contributed by atoms with E-state index >= 15 is 0 Å². The van der Waals surface area contributed by atoms with Crippen LogP contribution in [0.25, 0.3) is 0 Å². The molecule has 4 saturated carbocycles. The molecule has 0 heterocycles. The number of unbranched alkanes of at least 4 members (excludes halogenated alkanes) is 4. The summed E-state index contributed by atoms with van der Waals surface area (Å²) >= 11 is 0. The van der Waals surface area contributed by atoms with Crippen molar-refractivity contribution in [3.8, 4) is 0 Å². The van der Waals surface area contributed by atoms with Crippen LogP contribution in [-0.2, 0) is 16.1 Å². The van der Waals surface area contributed by atoms with Gasteiger partial charge in [-0.05, 0) is 90.9 Å². The second-order valence-electron chi connectivity index (χ2n) is 13.9. The van der Waals surface area contributed by atoms with Crippen molar-refractivity contribution in [1.82, 2.24) is 5.32 Å². The van der Waals surface area contributed by atoms with E-state index in [1.807, 2.05) is 30.3 Å². The number of ketones is 1. The first-order chi connectivity index (χ1) is 18.3. The summed E-state index contributed by atoms with van der Waals surface area (Å²) in [4.78, 5) is 24.7. The third-order valence-corrected chi connectivity index (χ3v) is 11.9. The Bertz CT molecular complexity index is 962. The van der Waals surface area contributed by atoms with Crippen molar-refractivity contribution in [2.24, 2.45) is 40.4 Å². The number of aliphatic hydroxyl groups excluding tert-OH is 1. The minimum atomic E-state index is -0.127. The number of fused-ring (bicyclic) bond motifs is 5. The van der Waals surface area contributed by atoms with E-state index in [1.165, 1.54) is 51.4 Å². The minimum Gasteiger partial charge on any atom is -0.393 e. The van der Waals surface area contributed by atoms with Crippen LogP contribution in [0.5, 0.6) is 0 Å². The number of Topliss-reactive ketones (excluding diaryl/α,β-unsaturated/α-hetero) is 1. The molecule has 5 rings (SSSR count). The molecular formula is C34H51NO3. The molecule has 4 fully saturated rings. The SMILES string of the molecule is C[C@]12CCC(=O)CC1CC(CCCCCCCC(=O)NCc1ccccc1)[C@@H]1[C@H]2CC[C@]2(C)C(O)CC[C@@H]12. The number of nitrogens with one attached hydrogen (secondary N) is 1. The van der Waals surface area contributed by atoms with E-state index in [2.05, 4.69) is 19.2 Å². The van der Waals surface area contributed by atoms with Crippen molar-refractivity contribution >= 4 is 11.7 Å². The third-order valence-electron chi connectivity index (χ3n) is 11.9. The lowest BCUT2D eigenvalue weighted by Gasteiger charge is -2.62. The maximum absolute atomic E-state index is 12.5. The van der Waals surface area contributed by atoms with Crippen LogP contribution in [0, 0.1) is 40.4 Å². The van der Waals surface area contributed by atoms with Gasteiger partial charge < -0.3 is 10.4 Å². The largest absolute Gasteiger partial charge is 0.393 e. The van der Waals surface area contributed by atoms with Gasteiger partial charge in [-0.15, -0.1) is 0 Å². The highest BCUT2D eigenvalue weighted by molar-refractivity contribution is 5.79.